The monoisotopic (exact) mass is 295 g/mol. The molecule has 0 aromatic heterocycles. The van der Waals surface area contributed by atoms with Crippen LogP contribution in [0.1, 0.15) is 52.4 Å². The van der Waals surface area contributed by atoms with Crippen molar-refractivity contribution in [1.82, 2.24) is 9.80 Å². The summed E-state index contributed by atoms with van der Waals surface area (Å²) in [5.74, 6) is 0.957. The lowest BCUT2D eigenvalue weighted by atomic mass is 9.74. The standard InChI is InChI=1S/C17H33N3O/c1-15(13-18)14-19-9-6-10-20(12-11-19)16(21)17(2)7-4-3-5-8-17/h15H,3-14,18H2,1-2H3. The zero-order chi connectivity index (χ0) is 15.3. The summed E-state index contributed by atoms with van der Waals surface area (Å²) in [6.07, 6.45) is 6.99. The van der Waals surface area contributed by atoms with Crippen molar-refractivity contribution in [2.75, 3.05) is 39.3 Å². The van der Waals surface area contributed by atoms with Crippen LogP contribution in [0.5, 0.6) is 0 Å². The van der Waals surface area contributed by atoms with E-state index in [0.717, 1.165) is 58.5 Å². The highest BCUT2D eigenvalue weighted by molar-refractivity contribution is 5.82. The van der Waals surface area contributed by atoms with Crippen LogP contribution < -0.4 is 5.73 Å². The molecule has 1 unspecified atom stereocenters. The van der Waals surface area contributed by atoms with Crippen molar-refractivity contribution < 1.29 is 4.79 Å². The van der Waals surface area contributed by atoms with E-state index in [9.17, 15) is 4.79 Å². The Labute approximate surface area is 130 Å². The van der Waals surface area contributed by atoms with Crippen LogP contribution in [0.2, 0.25) is 0 Å². The molecule has 0 aromatic rings. The van der Waals surface area contributed by atoms with Crippen LogP contribution in [0.15, 0.2) is 0 Å². The fraction of sp³-hybridized carbons (Fsp3) is 0.941. The molecule has 21 heavy (non-hydrogen) atoms. The fourth-order valence-electron chi connectivity index (χ4n) is 3.80. The molecule has 1 heterocycles. The Morgan fingerprint density at radius 3 is 2.48 bits per heavy atom. The Morgan fingerprint density at radius 2 is 1.81 bits per heavy atom. The fourth-order valence-corrected chi connectivity index (χ4v) is 3.80. The highest BCUT2D eigenvalue weighted by atomic mass is 16.2. The molecule has 2 fully saturated rings. The predicted octanol–water partition coefficient (Wildman–Crippen LogP) is 2.09. The maximum absolute atomic E-state index is 12.9. The van der Waals surface area contributed by atoms with Crippen molar-refractivity contribution in [1.29, 1.82) is 0 Å². The summed E-state index contributed by atoms with van der Waals surface area (Å²) < 4.78 is 0. The van der Waals surface area contributed by atoms with E-state index in [1.165, 1.54) is 19.3 Å². The molecule has 2 N–H and O–H groups in total. The van der Waals surface area contributed by atoms with Gasteiger partial charge in [0.2, 0.25) is 5.91 Å². The Balaban J connectivity index is 1.88. The van der Waals surface area contributed by atoms with Gasteiger partial charge in [-0.3, -0.25) is 4.79 Å². The van der Waals surface area contributed by atoms with Crippen molar-refractivity contribution in [2.24, 2.45) is 17.1 Å². The number of carbonyl (C=O) groups excluding carboxylic acids is 1. The number of hydrogen-bond donors (Lipinski definition) is 1. The van der Waals surface area contributed by atoms with Crippen LogP contribution in [0, 0.1) is 11.3 Å². The molecular weight excluding hydrogens is 262 g/mol. The van der Waals surface area contributed by atoms with Crippen molar-refractivity contribution in [2.45, 2.75) is 52.4 Å². The second-order valence-corrected chi connectivity index (χ2v) is 7.41. The second-order valence-electron chi connectivity index (χ2n) is 7.41. The van der Waals surface area contributed by atoms with Gasteiger partial charge in [-0.1, -0.05) is 33.1 Å². The van der Waals surface area contributed by atoms with E-state index in [1.807, 2.05) is 0 Å². The van der Waals surface area contributed by atoms with Gasteiger partial charge in [0.1, 0.15) is 0 Å². The molecule has 0 spiro atoms. The molecule has 1 atom stereocenters. The summed E-state index contributed by atoms with van der Waals surface area (Å²) in [4.78, 5) is 17.5. The molecule has 0 bridgehead atoms. The summed E-state index contributed by atoms with van der Waals surface area (Å²) in [5, 5.41) is 0. The van der Waals surface area contributed by atoms with Gasteiger partial charge in [-0.15, -0.1) is 0 Å². The smallest absolute Gasteiger partial charge is 0.228 e. The van der Waals surface area contributed by atoms with Crippen molar-refractivity contribution in [3.05, 3.63) is 0 Å². The van der Waals surface area contributed by atoms with Gasteiger partial charge in [0.25, 0.3) is 0 Å². The van der Waals surface area contributed by atoms with Gasteiger partial charge in [0, 0.05) is 31.6 Å². The second kappa shape index (κ2) is 7.59. The first-order valence-electron chi connectivity index (χ1n) is 8.77. The zero-order valence-electron chi connectivity index (χ0n) is 13.9. The summed E-state index contributed by atoms with van der Waals surface area (Å²) in [7, 11) is 0. The van der Waals surface area contributed by atoms with Crippen molar-refractivity contribution in [3.8, 4) is 0 Å². The van der Waals surface area contributed by atoms with Crippen LogP contribution in [-0.2, 0) is 4.79 Å². The molecule has 1 amide bonds. The van der Waals surface area contributed by atoms with E-state index in [0.29, 0.717) is 11.8 Å². The molecule has 0 radical (unpaired) electrons. The molecule has 4 nitrogen and oxygen atoms in total. The maximum atomic E-state index is 12.9. The first kappa shape index (κ1) is 16.8. The van der Waals surface area contributed by atoms with E-state index in [2.05, 4.69) is 23.6 Å². The lowest BCUT2D eigenvalue weighted by molar-refractivity contribution is -0.143. The van der Waals surface area contributed by atoms with E-state index < -0.39 is 0 Å². The Bertz CT molecular complexity index is 339. The molecule has 0 aromatic carbocycles. The molecule has 2 aliphatic rings. The summed E-state index contributed by atoms with van der Waals surface area (Å²) in [6, 6.07) is 0. The van der Waals surface area contributed by atoms with Gasteiger partial charge in [0.05, 0.1) is 0 Å². The minimum Gasteiger partial charge on any atom is -0.341 e. The van der Waals surface area contributed by atoms with E-state index >= 15 is 0 Å². The Hall–Kier alpha value is -0.610. The van der Waals surface area contributed by atoms with Crippen LogP contribution in [-0.4, -0.2) is 55.0 Å². The SMILES string of the molecule is CC(CN)CN1CCCN(C(=O)C2(C)CCCCC2)CC1. The molecule has 1 saturated heterocycles. The third-order valence-electron chi connectivity index (χ3n) is 5.32. The lowest BCUT2D eigenvalue weighted by Crippen LogP contribution is -2.45. The number of amides is 1. The third-order valence-corrected chi connectivity index (χ3v) is 5.32. The lowest BCUT2D eigenvalue weighted by Gasteiger charge is -2.36. The summed E-state index contributed by atoms with van der Waals surface area (Å²) in [6.45, 7) is 10.1. The summed E-state index contributed by atoms with van der Waals surface area (Å²) in [5.41, 5.74) is 5.64. The molecular formula is C17H33N3O. The Kier molecular flexibility index (Phi) is 6.06. The van der Waals surface area contributed by atoms with Gasteiger partial charge in [-0.05, 0) is 38.3 Å². The number of nitrogens with two attached hydrogens (primary N) is 1. The van der Waals surface area contributed by atoms with Gasteiger partial charge in [-0.2, -0.15) is 0 Å². The Morgan fingerprint density at radius 1 is 1.10 bits per heavy atom. The number of hydrogen-bond acceptors (Lipinski definition) is 3. The van der Waals surface area contributed by atoms with Gasteiger partial charge >= 0.3 is 0 Å². The number of carbonyl (C=O) groups is 1. The largest absolute Gasteiger partial charge is 0.341 e. The van der Waals surface area contributed by atoms with Crippen molar-refractivity contribution in [3.63, 3.8) is 0 Å². The highest BCUT2D eigenvalue weighted by Crippen LogP contribution is 2.37. The number of nitrogens with zero attached hydrogens (tertiary/aromatic N) is 2. The molecule has 1 aliphatic heterocycles. The van der Waals surface area contributed by atoms with Crippen molar-refractivity contribution >= 4 is 5.91 Å². The van der Waals surface area contributed by atoms with Gasteiger partial charge in [0.15, 0.2) is 0 Å². The average molecular weight is 295 g/mol. The third kappa shape index (κ3) is 4.43. The summed E-state index contributed by atoms with van der Waals surface area (Å²) >= 11 is 0. The van der Waals surface area contributed by atoms with Gasteiger partial charge < -0.3 is 15.5 Å². The minimum atomic E-state index is -0.0853. The first-order chi connectivity index (χ1) is 10.0. The van der Waals surface area contributed by atoms with E-state index in [4.69, 9.17) is 5.73 Å². The quantitative estimate of drug-likeness (QED) is 0.864. The van der Waals surface area contributed by atoms with E-state index in [-0.39, 0.29) is 5.41 Å². The molecule has 4 heteroatoms. The van der Waals surface area contributed by atoms with Crippen LogP contribution in [0.4, 0.5) is 0 Å². The highest BCUT2D eigenvalue weighted by Gasteiger charge is 2.37. The molecule has 2 rings (SSSR count). The zero-order valence-corrected chi connectivity index (χ0v) is 13.9. The number of rotatable bonds is 4. The average Bonchev–Trinajstić information content (AvgIpc) is 2.72. The predicted molar refractivity (Wildman–Crippen MR) is 87.0 cm³/mol. The normalized spacial score (nSPS) is 25.4. The first-order valence-corrected chi connectivity index (χ1v) is 8.77. The van der Waals surface area contributed by atoms with Crippen LogP contribution in [0.3, 0.4) is 0 Å². The topological polar surface area (TPSA) is 49.6 Å². The van der Waals surface area contributed by atoms with Gasteiger partial charge in [-0.25, -0.2) is 0 Å². The maximum Gasteiger partial charge on any atom is 0.228 e. The molecule has 1 saturated carbocycles. The molecule has 1 aliphatic carbocycles. The molecule has 122 valence electrons. The van der Waals surface area contributed by atoms with Crippen LogP contribution >= 0.6 is 0 Å². The minimum absolute atomic E-state index is 0.0853. The van der Waals surface area contributed by atoms with E-state index in [1.54, 1.807) is 0 Å². The van der Waals surface area contributed by atoms with Crippen LogP contribution in [0.25, 0.3) is 0 Å².